The summed E-state index contributed by atoms with van der Waals surface area (Å²) >= 11 is 0. The first-order valence-corrected chi connectivity index (χ1v) is 16.5. The number of likely N-dealkylation sites (tertiary alicyclic amines) is 2. The number of fused-ring (bicyclic) bond motifs is 4. The van der Waals surface area contributed by atoms with Gasteiger partial charge in [0.1, 0.15) is 6.04 Å². The predicted molar refractivity (Wildman–Crippen MR) is 174 cm³/mol. The van der Waals surface area contributed by atoms with E-state index in [1.54, 1.807) is 12.1 Å². The van der Waals surface area contributed by atoms with Gasteiger partial charge in [-0.3, -0.25) is 24.4 Å². The van der Waals surface area contributed by atoms with Crippen LogP contribution in [0.1, 0.15) is 55.2 Å². The lowest BCUT2D eigenvalue weighted by Gasteiger charge is -2.32. The number of rotatable bonds is 8. The second kappa shape index (κ2) is 10.6. The Hall–Kier alpha value is -3.75. The van der Waals surface area contributed by atoms with Crippen LogP contribution in [0, 0.1) is 11.3 Å². The number of alkyl halides is 2. The first kappa shape index (κ1) is 29.6. The third-order valence-electron chi connectivity index (χ3n) is 11.5. The van der Waals surface area contributed by atoms with Gasteiger partial charge >= 0.3 is 5.97 Å². The first-order valence-electron chi connectivity index (χ1n) is 16.5. The maximum absolute atomic E-state index is 15.3. The van der Waals surface area contributed by atoms with Crippen LogP contribution in [0.4, 0.5) is 14.5 Å². The zero-order valence-corrected chi connectivity index (χ0v) is 26.4. The quantitative estimate of drug-likeness (QED) is 0.187. The van der Waals surface area contributed by atoms with E-state index in [1.807, 2.05) is 30.1 Å². The Morgan fingerprint density at radius 1 is 1.11 bits per heavy atom. The average molecular weight is 624 g/mol. The average Bonchev–Trinajstić information content (AvgIpc) is 3.46. The van der Waals surface area contributed by atoms with Crippen LogP contribution < -0.4 is 0 Å². The Kier molecular flexibility index (Phi) is 6.86. The molecule has 2 saturated carbocycles. The molecule has 0 unspecified atom stereocenters. The number of allylic oxidation sites excluding steroid dienone is 4. The Bertz CT molecular complexity index is 1770. The maximum atomic E-state index is 15.3. The lowest BCUT2D eigenvalue weighted by Crippen LogP contribution is -2.43. The second-order valence-corrected chi connectivity index (χ2v) is 14.5. The van der Waals surface area contributed by atoms with E-state index in [0.717, 1.165) is 60.7 Å². The molecule has 2 bridgehead atoms. The fourth-order valence-corrected chi connectivity index (χ4v) is 8.71. The van der Waals surface area contributed by atoms with Crippen molar-refractivity contribution in [3.8, 4) is 11.1 Å². The van der Waals surface area contributed by atoms with Crippen LogP contribution in [0.3, 0.4) is 0 Å². The van der Waals surface area contributed by atoms with Gasteiger partial charge in [-0.1, -0.05) is 36.9 Å². The van der Waals surface area contributed by atoms with Crippen LogP contribution in [-0.2, 0) is 26.7 Å². The van der Waals surface area contributed by atoms with Crippen molar-refractivity contribution in [2.75, 3.05) is 27.2 Å². The molecule has 3 heterocycles. The number of aliphatic imine (C=N–C) groups is 1. The summed E-state index contributed by atoms with van der Waals surface area (Å²) in [7, 11) is 4.12. The molecule has 3 aliphatic heterocycles. The van der Waals surface area contributed by atoms with Crippen LogP contribution in [0.5, 0.6) is 0 Å². The van der Waals surface area contributed by atoms with Crippen LogP contribution in [0.2, 0.25) is 0 Å². The second-order valence-electron chi connectivity index (χ2n) is 14.5. The number of likely N-dealkylation sites (N-methyl/N-ethyl adjacent to an activating group) is 1. The lowest BCUT2D eigenvalue weighted by atomic mass is 9.91. The minimum atomic E-state index is -3.16. The fourth-order valence-electron chi connectivity index (χ4n) is 8.71. The monoisotopic (exact) mass is 623 g/mol. The fraction of sp³-hybridized carbons (Fsp3) is 0.447. The summed E-state index contributed by atoms with van der Waals surface area (Å²) in [5.41, 5.74) is 6.00. The highest BCUT2D eigenvalue weighted by atomic mass is 19.3. The summed E-state index contributed by atoms with van der Waals surface area (Å²) in [5.74, 6) is -3.33. The van der Waals surface area contributed by atoms with Crippen LogP contribution in [-0.4, -0.2) is 72.6 Å². The van der Waals surface area contributed by atoms with Gasteiger partial charge in [0.25, 0.3) is 5.92 Å². The number of Topliss-reactive ketones (excluding diaryl/α,β-unsaturated/α-hetero) is 1. The Balaban J connectivity index is 0.923. The molecule has 6 nitrogen and oxygen atoms in total. The number of hydrogen-bond acceptors (Lipinski definition) is 6. The van der Waals surface area contributed by atoms with Gasteiger partial charge in [0.2, 0.25) is 0 Å². The molecule has 4 atom stereocenters. The minimum Gasteiger partial charge on any atom is -0.456 e. The van der Waals surface area contributed by atoms with E-state index in [2.05, 4.69) is 24.6 Å². The van der Waals surface area contributed by atoms with Crippen LogP contribution in [0.25, 0.3) is 16.7 Å². The molecule has 2 aromatic rings. The number of ketones is 1. The Morgan fingerprint density at radius 2 is 1.89 bits per heavy atom. The van der Waals surface area contributed by atoms with E-state index in [-0.39, 0.29) is 22.6 Å². The molecule has 2 aromatic carbocycles. The maximum Gasteiger partial charge on any atom is 0.323 e. The molecule has 3 aliphatic carbocycles. The highest BCUT2D eigenvalue weighted by molar-refractivity contribution is 6.00. The summed E-state index contributed by atoms with van der Waals surface area (Å²) in [6.45, 7) is 4.25. The molecule has 0 amide bonds. The largest absolute Gasteiger partial charge is 0.456 e. The molecule has 238 valence electrons. The number of hydrogen-bond donors (Lipinski definition) is 0. The molecule has 46 heavy (non-hydrogen) atoms. The van der Waals surface area contributed by atoms with E-state index >= 15 is 8.78 Å². The van der Waals surface area contributed by atoms with Crippen molar-refractivity contribution < 1.29 is 23.1 Å². The number of ether oxygens (including phenoxy) is 1. The molecule has 0 radical (unpaired) electrons. The van der Waals surface area contributed by atoms with Crippen molar-refractivity contribution in [3.63, 3.8) is 0 Å². The van der Waals surface area contributed by atoms with Crippen molar-refractivity contribution in [2.24, 2.45) is 16.3 Å². The Labute approximate surface area is 268 Å². The summed E-state index contributed by atoms with van der Waals surface area (Å²) in [4.78, 5) is 34.8. The number of benzene rings is 2. The summed E-state index contributed by atoms with van der Waals surface area (Å²) < 4.78 is 35.9. The van der Waals surface area contributed by atoms with E-state index in [9.17, 15) is 9.59 Å². The third kappa shape index (κ3) is 5.01. The molecule has 0 N–H and O–H groups in total. The van der Waals surface area contributed by atoms with E-state index < -0.39 is 24.3 Å². The molecular formula is C38H39F2N3O3. The Morgan fingerprint density at radius 3 is 2.63 bits per heavy atom. The first-order chi connectivity index (χ1) is 22.0. The number of nitrogens with zero attached hydrogens (tertiary/aromatic N) is 3. The SMILES string of the molecule is C=C(/C=C\C1=CC(F)(F)c2cc(-c3ccc4c(c3)CC([C@@H]3[C@H]5CC[C@H](C5)N3C)=N4)ccc21)C(=O)COC(=O)[C@@H]1CC2(CC2)CN1C. The highest BCUT2D eigenvalue weighted by Crippen LogP contribution is 2.54. The minimum absolute atomic E-state index is 0.0642. The number of carbonyl (C=O) groups excluding carboxylic acids is 2. The topological polar surface area (TPSA) is 62.2 Å². The standard InChI is InChI=1S/C38H39F2N3O3/c1-22(34(44)20-46-36(45)33-19-37(12-13-37)21-42(33)2)4-5-26-18-38(39,40)30-16-24(7-10-29(26)30)23-8-11-31-27(14-23)17-32(41-31)35-25-6-9-28(15-25)43(35)3/h4-5,7-8,10-11,14,16,18,25,28,33,35H,1,6,9,12-13,15,17,19-21H2,2-3H3/b5-4-/t25-,28+,33-,35-/m0/s1. The van der Waals surface area contributed by atoms with Gasteiger partial charge in [-0.2, -0.15) is 8.78 Å². The molecule has 2 saturated heterocycles. The summed E-state index contributed by atoms with van der Waals surface area (Å²) in [6, 6.07) is 12.0. The molecule has 0 aromatic heterocycles. The van der Waals surface area contributed by atoms with Crippen molar-refractivity contribution in [1.29, 1.82) is 0 Å². The van der Waals surface area contributed by atoms with Gasteiger partial charge in [0.15, 0.2) is 12.4 Å². The molecule has 8 heteroatoms. The van der Waals surface area contributed by atoms with E-state index in [0.29, 0.717) is 29.1 Å². The highest BCUT2D eigenvalue weighted by Gasteiger charge is 2.53. The lowest BCUT2D eigenvalue weighted by molar-refractivity contribution is -0.151. The number of piperidine rings is 1. The van der Waals surface area contributed by atoms with E-state index in [4.69, 9.17) is 9.73 Å². The van der Waals surface area contributed by atoms with Gasteiger partial charge in [0.05, 0.1) is 11.7 Å². The normalized spacial score (nSPS) is 28.4. The van der Waals surface area contributed by atoms with Crippen molar-refractivity contribution in [3.05, 3.63) is 83.5 Å². The van der Waals surface area contributed by atoms with Gasteiger partial charge in [0, 0.05) is 35.9 Å². The smallest absolute Gasteiger partial charge is 0.323 e. The zero-order valence-electron chi connectivity index (χ0n) is 26.4. The summed E-state index contributed by atoms with van der Waals surface area (Å²) in [6.07, 6.45) is 11.5. The van der Waals surface area contributed by atoms with Gasteiger partial charge < -0.3 is 4.74 Å². The van der Waals surface area contributed by atoms with Crippen molar-refractivity contribution >= 4 is 28.7 Å². The molecular weight excluding hydrogens is 584 g/mol. The number of halogens is 2. The predicted octanol–water partition coefficient (Wildman–Crippen LogP) is 6.66. The van der Waals surface area contributed by atoms with Gasteiger partial charge in [-0.25, -0.2) is 0 Å². The van der Waals surface area contributed by atoms with Crippen LogP contribution >= 0.6 is 0 Å². The van der Waals surface area contributed by atoms with E-state index in [1.165, 1.54) is 37.1 Å². The third-order valence-corrected chi connectivity index (χ3v) is 11.5. The molecule has 6 aliphatic rings. The molecule has 4 fully saturated rings. The number of esters is 1. The van der Waals surface area contributed by atoms with Gasteiger partial charge in [-0.15, -0.1) is 0 Å². The van der Waals surface area contributed by atoms with Gasteiger partial charge in [-0.05, 0) is 116 Å². The summed E-state index contributed by atoms with van der Waals surface area (Å²) in [5, 5.41) is 0. The molecule has 8 rings (SSSR count). The van der Waals surface area contributed by atoms with Crippen molar-refractivity contribution in [2.45, 2.75) is 69.0 Å². The number of carbonyl (C=O) groups is 2. The van der Waals surface area contributed by atoms with Crippen molar-refractivity contribution in [1.82, 2.24) is 9.80 Å². The zero-order chi connectivity index (χ0) is 32.0. The molecule has 1 spiro atoms. The van der Waals surface area contributed by atoms with Crippen LogP contribution in [0.15, 0.2) is 71.8 Å².